The van der Waals surface area contributed by atoms with Crippen molar-refractivity contribution in [1.29, 1.82) is 0 Å². The molecule has 0 saturated heterocycles. The first-order chi connectivity index (χ1) is 3.98. The Morgan fingerprint density at radius 1 is 1.56 bits per heavy atom. The molecule has 0 aliphatic heterocycles. The summed E-state index contributed by atoms with van der Waals surface area (Å²) in [7, 11) is 0. The van der Waals surface area contributed by atoms with Crippen LogP contribution in [-0.4, -0.2) is 17.1 Å². The molecule has 0 rings (SSSR count). The van der Waals surface area contributed by atoms with Crippen LogP contribution in [0.25, 0.3) is 0 Å². The number of carbonyl (C=O) groups excluding carboxylic acids is 1. The van der Waals surface area contributed by atoms with E-state index in [9.17, 15) is 18.0 Å². The van der Waals surface area contributed by atoms with Crippen LogP contribution >= 0.6 is 0 Å². The second-order valence-electron chi connectivity index (χ2n) is 1.02. The van der Waals surface area contributed by atoms with Crippen LogP contribution in [0, 0.1) is 0 Å². The molecule has 0 atom stereocenters. The Balaban J connectivity index is 3.74. The first-order valence-corrected chi connectivity index (χ1v) is 4.80. The Labute approximate surface area is 60.2 Å². The minimum atomic E-state index is -4.82. The third-order valence-electron chi connectivity index (χ3n) is 0.379. The molecule has 56 valence electrons. The van der Waals surface area contributed by atoms with Crippen LogP contribution in [0.15, 0.2) is 0 Å². The average molecular weight is 255 g/mol. The second-order valence-corrected chi connectivity index (χ2v) is 2.34. The maximum atomic E-state index is 11.2. The molecule has 0 heterocycles. The molecule has 0 saturated carbocycles. The Kier molecular flexibility index (Phi) is 3.23. The summed E-state index contributed by atoms with van der Waals surface area (Å²) in [6, 6.07) is 0. The number of hydrogen-bond donors (Lipinski definition) is 0. The zero-order valence-corrected chi connectivity index (χ0v) is 6.49. The molecule has 0 aliphatic rings. The van der Waals surface area contributed by atoms with E-state index in [1.165, 1.54) is 4.93 Å². The van der Waals surface area contributed by atoms with E-state index < -0.39 is 33.8 Å². The van der Waals surface area contributed by atoms with Gasteiger partial charge in [-0.05, 0) is 0 Å². The standard InChI is InChI=1S/C3H3F3IO2/c1-7-9-2(8)3(4,5)6/h1H3/q-1. The monoisotopic (exact) mass is 255 g/mol. The Morgan fingerprint density at radius 2 is 2.00 bits per heavy atom. The van der Waals surface area contributed by atoms with Crippen molar-refractivity contribution < 1.29 is 42.7 Å². The Morgan fingerprint density at radius 3 is 2.11 bits per heavy atom. The zero-order chi connectivity index (χ0) is 7.49. The molecule has 0 amide bonds. The fraction of sp³-hybridized carbons (Fsp3) is 0.667. The number of alkyl halides is 4. The van der Waals surface area contributed by atoms with E-state index in [1.54, 1.807) is 0 Å². The average Bonchev–Trinajstić information content (AvgIpc) is 1.64. The molecular weight excluding hydrogens is 252 g/mol. The van der Waals surface area contributed by atoms with E-state index in [1.807, 2.05) is 0 Å². The van der Waals surface area contributed by atoms with Crippen molar-refractivity contribution in [2.75, 3.05) is 4.93 Å². The molecular formula is C3H3F3IO2-. The summed E-state index contributed by atoms with van der Waals surface area (Å²) in [5.74, 6) is -2.09. The molecule has 0 fully saturated rings. The van der Waals surface area contributed by atoms with E-state index in [0.29, 0.717) is 0 Å². The summed E-state index contributed by atoms with van der Waals surface area (Å²) in [5, 5.41) is 0. The zero-order valence-electron chi connectivity index (χ0n) is 4.33. The molecule has 2 nitrogen and oxygen atoms in total. The Hall–Kier alpha value is -0.0100. The molecule has 0 unspecified atom stereocenters. The van der Waals surface area contributed by atoms with Gasteiger partial charge in [0.25, 0.3) is 0 Å². The van der Waals surface area contributed by atoms with Crippen molar-refractivity contribution in [3.63, 3.8) is 0 Å². The quantitative estimate of drug-likeness (QED) is 0.390. The number of carbonyl (C=O) groups is 1. The van der Waals surface area contributed by atoms with Gasteiger partial charge >= 0.3 is 59.7 Å². The predicted molar refractivity (Wildman–Crippen MR) is 18.1 cm³/mol. The van der Waals surface area contributed by atoms with Crippen molar-refractivity contribution in [3.8, 4) is 0 Å². The SMILES string of the molecule is C[I-]OC(=O)C(F)(F)F. The van der Waals surface area contributed by atoms with Gasteiger partial charge in [-0.3, -0.25) is 0 Å². The molecule has 0 bridgehead atoms. The molecule has 0 aromatic heterocycles. The normalized spacial score (nSPS) is 11.6. The topological polar surface area (TPSA) is 26.3 Å². The molecule has 0 aromatic rings. The summed E-state index contributed by atoms with van der Waals surface area (Å²) >= 11 is -1.07. The molecule has 0 aromatic carbocycles. The van der Waals surface area contributed by atoms with Crippen LogP contribution in [-0.2, 0) is 7.86 Å². The van der Waals surface area contributed by atoms with Crippen molar-refractivity contribution in [3.05, 3.63) is 0 Å². The van der Waals surface area contributed by atoms with E-state index in [-0.39, 0.29) is 0 Å². The fourth-order valence-corrected chi connectivity index (χ4v) is 0.763. The summed E-state index contributed by atoms with van der Waals surface area (Å²) in [4.78, 5) is 11.2. The predicted octanol–water partition coefficient (Wildman–Crippen LogP) is -2.27. The maximum absolute atomic E-state index is 11.2. The van der Waals surface area contributed by atoms with Gasteiger partial charge in [-0.15, -0.1) is 0 Å². The van der Waals surface area contributed by atoms with Crippen molar-refractivity contribution in [2.45, 2.75) is 6.18 Å². The van der Waals surface area contributed by atoms with Crippen LogP contribution in [0.2, 0.25) is 0 Å². The van der Waals surface area contributed by atoms with Gasteiger partial charge < -0.3 is 0 Å². The molecule has 0 spiro atoms. The molecule has 0 aliphatic carbocycles. The molecule has 9 heavy (non-hydrogen) atoms. The Bertz CT molecular complexity index is 110. The number of halogens is 4. The van der Waals surface area contributed by atoms with E-state index in [2.05, 4.69) is 3.07 Å². The van der Waals surface area contributed by atoms with Crippen LogP contribution in [0.5, 0.6) is 0 Å². The third-order valence-corrected chi connectivity index (χ3v) is 1.22. The van der Waals surface area contributed by atoms with Crippen molar-refractivity contribution >= 4 is 5.97 Å². The van der Waals surface area contributed by atoms with Crippen molar-refractivity contribution in [1.82, 2.24) is 0 Å². The first kappa shape index (κ1) is 8.99. The minimum absolute atomic E-state index is 1.07. The van der Waals surface area contributed by atoms with Gasteiger partial charge in [-0.25, -0.2) is 0 Å². The van der Waals surface area contributed by atoms with Gasteiger partial charge in [0, 0.05) is 0 Å². The molecule has 0 radical (unpaired) electrons. The fourth-order valence-electron chi connectivity index (χ4n) is 0.114. The summed E-state index contributed by atoms with van der Waals surface area (Å²) in [6.07, 6.45) is -4.82. The van der Waals surface area contributed by atoms with Gasteiger partial charge in [0.2, 0.25) is 0 Å². The third kappa shape index (κ3) is 3.55. The van der Waals surface area contributed by atoms with Gasteiger partial charge in [0.05, 0.1) is 0 Å². The summed E-state index contributed by atoms with van der Waals surface area (Å²) in [5.41, 5.74) is 0. The van der Waals surface area contributed by atoms with Gasteiger partial charge in [0.15, 0.2) is 0 Å². The van der Waals surface area contributed by atoms with Crippen LogP contribution in [0.4, 0.5) is 13.2 Å². The van der Waals surface area contributed by atoms with E-state index >= 15 is 0 Å². The first-order valence-electron chi connectivity index (χ1n) is 1.76. The summed E-state index contributed by atoms with van der Waals surface area (Å²) < 4.78 is 37.3. The molecule has 0 N–H and O–H groups in total. The van der Waals surface area contributed by atoms with Crippen molar-refractivity contribution in [2.24, 2.45) is 0 Å². The van der Waals surface area contributed by atoms with Crippen LogP contribution in [0.1, 0.15) is 0 Å². The van der Waals surface area contributed by atoms with E-state index in [0.717, 1.165) is 0 Å². The number of rotatable bonds is 1. The van der Waals surface area contributed by atoms with Gasteiger partial charge in [-0.2, -0.15) is 0 Å². The summed E-state index contributed by atoms with van der Waals surface area (Å²) in [6.45, 7) is 0. The number of hydrogen-bond acceptors (Lipinski definition) is 2. The van der Waals surface area contributed by atoms with Gasteiger partial charge in [0.1, 0.15) is 0 Å². The van der Waals surface area contributed by atoms with Crippen LogP contribution in [0.3, 0.4) is 0 Å². The molecule has 6 heteroatoms. The van der Waals surface area contributed by atoms with E-state index in [4.69, 9.17) is 0 Å². The second kappa shape index (κ2) is 3.23. The van der Waals surface area contributed by atoms with Gasteiger partial charge in [-0.1, -0.05) is 0 Å². The van der Waals surface area contributed by atoms with Crippen LogP contribution < -0.4 is 21.6 Å².